The van der Waals surface area contributed by atoms with Gasteiger partial charge in [-0.2, -0.15) is 0 Å². The fourth-order valence-corrected chi connectivity index (χ4v) is 1.39. The maximum absolute atomic E-state index is 11.6. The van der Waals surface area contributed by atoms with Crippen molar-refractivity contribution in [2.75, 3.05) is 5.32 Å². The lowest BCUT2D eigenvalue weighted by atomic mass is 10.3. The van der Waals surface area contributed by atoms with Gasteiger partial charge in [0.2, 0.25) is 5.95 Å². The summed E-state index contributed by atoms with van der Waals surface area (Å²) in [4.78, 5) is 11.6. The average molecular weight is 233 g/mol. The molecule has 0 aliphatic heterocycles. The number of pyridine rings is 1. The predicted molar refractivity (Wildman–Crippen MR) is 64.9 cm³/mol. The van der Waals surface area contributed by atoms with Crippen molar-refractivity contribution in [2.45, 2.75) is 26.3 Å². The first kappa shape index (κ1) is 11.4. The highest BCUT2D eigenvalue weighted by molar-refractivity contribution is 5.87. The van der Waals surface area contributed by atoms with E-state index in [4.69, 9.17) is 0 Å². The highest BCUT2D eigenvalue weighted by Gasteiger charge is 2.09. The lowest BCUT2D eigenvalue weighted by Crippen LogP contribution is -2.36. The third-order valence-electron chi connectivity index (χ3n) is 2.53. The molecule has 0 unspecified atom stereocenters. The van der Waals surface area contributed by atoms with Gasteiger partial charge in [0, 0.05) is 12.2 Å². The molecular formula is C11H15N5O. The highest BCUT2D eigenvalue weighted by atomic mass is 16.2. The van der Waals surface area contributed by atoms with Gasteiger partial charge in [0.1, 0.15) is 0 Å². The zero-order valence-corrected chi connectivity index (χ0v) is 9.84. The van der Waals surface area contributed by atoms with Gasteiger partial charge in [-0.15, -0.1) is 10.2 Å². The summed E-state index contributed by atoms with van der Waals surface area (Å²) in [6.07, 6.45) is 2.68. The van der Waals surface area contributed by atoms with Gasteiger partial charge in [-0.1, -0.05) is 13.0 Å². The van der Waals surface area contributed by atoms with Gasteiger partial charge in [0.15, 0.2) is 5.65 Å². The van der Waals surface area contributed by atoms with Crippen LogP contribution in [0, 0.1) is 0 Å². The molecule has 0 bridgehead atoms. The summed E-state index contributed by atoms with van der Waals surface area (Å²) in [5.74, 6) is 0.418. The number of amides is 2. The second kappa shape index (κ2) is 4.82. The Morgan fingerprint density at radius 1 is 1.47 bits per heavy atom. The fraction of sp³-hybridized carbons (Fsp3) is 0.364. The number of hydrogen-bond donors (Lipinski definition) is 2. The van der Waals surface area contributed by atoms with Crippen molar-refractivity contribution in [3.63, 3.8) is 0 Å². The standard InChI is InChI=1S/C11H15N5O/c1-3-8(2)12-11(17)13-10-15-14-9-6-4-5-7-16(9)10/h4-8H,3H2,1-2H3,(H2,12,13,15,17)/t8-/m1/s1. The van der Waals surface area contributed by atoms with Crippen LogP contribution in [0.2, 0.25) is 0 Å². The minimum atomic E-state index is -0.266. The summed E-state index contributed by atoms with van der Waals surface area (Å²) in [5, 5.41) is 13.3. The first-order valence-corrected chi connectivity index (χ1v) is 5.58. The third kappa shape index (κ3) is 2.52. The van der Waals surface area contributed by atoms with Crippen molar-refractivity contribution >= 4 is 17.6 Å². The second-order valence-corrected chi connectivity index (χ2v) is 3.86. The van der Waals surface area contributed by atoms with Crippen molar-refractivity contribution in [3.8, 4) is 0 Å². The maximum atomic E-state index is 11.6. The number of nitrogens with zero attached hydrogens (tertiary/aromatic N) is 3. The first-order chi connectivity index (χ1) is 8.20. The zero-order chi connectivity index (χ0) is 12.3. The van der Waals surface area contributed by atoms with Crippen LogP contribution < -0.4 is 10.6 Å². The summed E-state index contributed by atoms with van der Waals surface area (Å²) < 4.78 is 1.72. The number of urea groups is 1. The predicted octanol–water partition coefficient (Wildman–Crippen LogP) is 1.65. The van der Waals surface area contributed by atoms with Crippen LogP contribution in [0.4, 0.5) is 10.7 Å². The van der Waals surface area contributed by atoms with E-state index in [9.17, 15) is 4.79 Å². The van der Waals surface area contributed by atoms with E-state index in [0.717, 1.165) is 6.42 Å². The van der Waals surface area contributed by atoms with Crippen LogP contribution >= 0.6 is 0 Å². The van der Waals surface area contributed by atoms with Crippen molar-refractivity contribution in [3.05, 3.63) is 24.4 Å². The molecular weight excluding hydrogens is 218 g/mol. The molecule has 2 amide bonds. The largest absolute Gasteiger partial charge is 0.335 e. The Hall–Kier alpha value is -2.11. The van der Waals surface area contributed by atoms with Gasteiger partial charge in [0.05, 0.1) is 0 Å². The number of nitrogens with one attached hydrogen (secondary N) is 2. The van der Waals surface area contributed by atoms with Crippen LogP contribution in [-0.4, -0.2) is 26.7 Å². The van der Waals surface area contributed by atoms with Crippen molar-refractivity contribution < 1.29 is 4.79 Å². The molecule has 0 aliphatic rings. The number of fused-ring (bicyclic) bond motifs is 1. The van der Waals surface area contributed by atoms with E-state index in [1.807, 2.05) is 32.0 Å². The molecule has 2 aromatic heterocycles. The number of carbonyl (C=O) groups is 1. The fourth-order valence-electron chi connectivity index (χ4n) is 1.39. The molecule has 0 saturated carbocycles. The summed E-state index contributed by atoms with van der Waals surface area (Å²) in [5.41, 5.74) is 0.700. The molecule has 0 spiro atoms. The Labute approximate surface area is 99.0 Å². The van der Waals surface area contributed by atoms with Crippen LogP contribution in [0.1, 0.15) is 20.3 Å². The van der Waals surface area contributed by atoms with Crippen molar-refractivity contribution in [1.29, 1.82) is 0 Å². The number of carbonyl (C=O) groups excluding carboxylic acids is 1. The zero-order valence-electron chi connectivity index (χ0n) is 9.84. The molecule has 0 fully saturated rings. The Kier molecular flexibility index (Phi) is 3.22. The van der Waals surface area contributed by atoms with Crippen molar-refractivity contribution in [1.82, 2.24) is 19.9 Å². The molecule has 17 heavy (non-hydrogen) atoms. The number of rotatable bonds is 3. The molecule has 6 nitrogen and oxygen atoms in total. The Bertz CT molecular complexity index is 521. The van der Waals surface area contributed by atoms with Crippen LogP contribution in [0.5, 0.6) is 0 Å². The van der Waals surface area contributed by atoms with Gasteiger partial charge < -0.3 is 5.32 Å². The molecule has 1 atom stereocenters. The van der Waals surface area contributed by atoms with E-state index in [0.29, 0.717) is 11.6 Å². The third-order valence-corrected chi connectivity index (χ3v) is 2.53. The van der Waals surface area contributed by atoms with E-state index >= 15 is 0 Å². The molecule has 2 rings (SSSR count). The van der Waals surface area contributed by atoms with Crippen LogP contribution in [0.25, 0.3) is 5.65 Å². The molecule has 0 aliphatic carbocycles. The van der Waals surface area contributed by atoms with Gasteiger partial charge in [-0.3, -0.25) is 9.72 Å². The average Bonchev–Trinajstić information content (AvgIpc) is 2.72. The molecule has 2 N–H and O–H groups in total. The topological polar surface area (TPSA) is 71.3 Å². The maximum Gasteiger partial charge on any atom is 0.321 e. The van der Waals surface area contributed by atoms with E-state index in [1.54, 1.807) is 10.6 Å². The number of hydrogen-bond acceptors (Lipinski definition) is 3. The Morgan fingerprint density at radius 2 is 2.29 bits per heavy atom. The molecule has 90 valence electrons. The van der Waals surface area contributed by atoms with Gasteiger partial charge in [0.25, 0.3) is 0 Å². The molecule has 6 heteroatoms. The molecule has 0 aromatic carbocycles. The Morgan fingerprint density at radius 3 is 3.06 bits per heavy atom. The van der Waals surface area contributed by atoms with E-state index in [1.165, 1.54) is 0 Å². The van der Waals surface area contributed by atoms with Crippen molar-refractivity contribution in [2.24, 2.45) is 0 Å². The molecule has 2 aromatic rings. The van der Waals surface area contributed by atoms with Gasteiger partial charge in [-0.25, -0.2) is 4.79 Å². The summed E-state index contributed by atoms with van der Waals surface area (Å²) in [6.45, 7) is 3.96. The van der Waals surface area contributed by atoms with Gasteiger partial charge in [-0.05, 0) is 25.5 Å². The minimum Gasteiger partial charge on any atom is -0.335 e. The second-order valence-electron chi connectivity index (χ2n) is 3.86. The summed E-state index contributed by atoms with van der Waals surface area (Å²) >= 11 is 0. The lowest BCUT2D eigenvalue weighted by Gasteiger charge is -2.11. The van der Waals surface area contributed by atoms with E-state index in [2.05, 4.69) is 20.8 Å². The number of aromatic nitrogens is 3. The minimum absolute atomic E-state index is 0.134. The van der Waals surface area contributed by atoms with E-state index in [-0.39, 0.29) is 12.1 Å². The number of anilines is 1. The summed E-state index contributed by atoms with van der Waals surface area (Å²) in [6, 6.07) is 5.41. The monoisotopic (exact) mass is 233 g/mol. The molecule has 2 heterocycles. The van der Waals surface area contributed by atoms with Gasteiger partial charge >= 0.3 is 6.03 Å². The first-order valence-electron chi connectivity index (χ1n) is 5.58. The highest BCUT2D eigenvalue weighted by Crippen LogP contribution is 2.06. The molecule has 0 saturated heterocycles. The smallest absolute Gasteiger partial charge is 0.321 e. The van der Waals surface area contributed by atoms with Crippen LogP contribution in [0.3, 0.4) is 0 Å². The quantitative estimate of drug-likeness (QED) is 0.846. The van der Waals surface area contributed by atoms with Crippen LogP contribution in [0.15, 0.2) is 24.4 Å². The molecule has 0 radical (unpaired) electrons. The van der Waals surface area contributed by atoms with Crippen LogP contribution in [-0.2, 0) is 0 Å². The summed E-state index contributed by atoms with van der Waals surface area (Å²) in [7, 11) is 0. The van der Waals surface area contributed by atoms with E-state index < -0.39 is 0 Å². The SMILES string of the molecule is CC[C@@H](C)NC(=O)Nc1nnc2ccccn12. The lowest BCUT2D eigenvalue weighted by molar-refractivity contribution is 0.248. The Balaban J connectivity index is 2.11. The normalized spacial score (nSPS) is 12.4.